The normalized spacial score (nSPS) is 31.1. The molecular formula is C24H40N4O7. The topological polar surface area (TPSA) is 139 Å². The van der Waals surface area contributed by atoms with Gasteiger partial charge in [-0.05, 0) is 40.2 Å². The van der Waals surface area contributed by atoms with Crippen LogP contribution in [0.4, 0.5) is 4.79 Å². The minimum atomic E-state index is -0.796. The van der Waals surface area contributed by atoms with Crippen molar-refractivity contribution in [2.45, 2.75) is 63.1 Å². The maximum atomic E-state index is 12.5. The van der Waals surface area contributed by atoms with E-state index in [0.29, 0.717) is 26.1 Å². The average Bonchev–Trinajstić information content (AvgIpc) is 3.73. The van der Waals surface area contributed by atoms with Gasteiger partial charge in [0.1, 0.15) is 12.2 Å². The molecule has 3 aliphatic rings. The first-order chi connectivity index (χ1) is 16.6. The molecule has 1 saturated carbocycles. The van der Waals surface area contributed by atoms with Crippen LogP contribution in [-0.4, -0.2) is 112 Å². The monoisotopic (exact) mass is 496 g/mol. The van der Waals surface area contributed by atoms with Crippen molar-refractivity contribution in [2.24, 2.45) is 11.7 Å². The van der Waals surface area contributed by atoms with Crippen molar-refractivity contribution < 1.29 is 33.3 Å². The first-order valence-corrected chi connectivity index (χ1v) is 12.2. The average molecular weight is 497 g/mol. The number of hydrogen-bond donors (Lipinski definition) is 2. The number of ether oxygens (including phenoxy) is 4. The van der Waals surface area contributed by atoms with Crippen molar-refractivity contribution in [1.82, 2.24) is 15.1 Å². The Morgan fingerprint density at radius 1 is 1.23 bits per heavy atom. The van der Waals surface area contributed by atoms with Crippen LogP contribution in [-0.2, 0) is 28.5 Å². The number of rotatable bonds is 11. The van der Waals surface area contributed by atoms with E-state index in [1.165, 1.54) is 10.5 Å². The molecule has 35 heavy (non-hydrogen) atoms. The molecule has 198 valence electrons. The van der Waals surface area contributed by atoms with E-state index in [4.69, 9.17) is 24.7 Å². The van der Waals surface area contributed by atoms with Crippen molar-refractivity contribution in [3.63, 3.8) is 0 Å². The van der Waals surface area contributed by atoms with Gasteiger partial charge < -0.3 is 29.6 Å². The fourth-order valence-corrected chi connectivity index (χ4v) is 4.85. The number of likely N-dealkylation sites (N-methyl/N-ethyl adjacent to an activating group) is 2. The van der Waals surface area contributed by atoms with Crippen LogP contribution in [0.1, 0.15) is 33.1 Å². The molecule has 3 fully saturated rings. The fraction of sp³-hybridized carbons (Fsp3) is 0.792. The van der Waals surface area contributed by atoms with E-state index in [0.717, 1.165) is 12.8 Å². The summed E-state index contributed by atoms with van der Waals surface area (Å²) in [5.74, 6) is -0.700. The summed E-state index contributed by atoms with van der Waals surface area (Å²) < 4.78 is 23.3. The molecule has 0 aromatic heterocycles. The molecule has 1 aliphatic carbocycles. The number of imide groups is 1. The lowest BCUT2D eigenvalue weighted by Gasteiger charge is -2.39. The van der Waals surface area contributed by atoms with Crippen LogP contribution in [0.3, 0.4) is 0 Å². The first-order valence-electron chi connectivity index (χ1n) is 12.2. The molecule has 1 spiro atoms. The lowest BCUT2D eigenvalue weighted by molar-refractivity contribution is -0.128. The third-order valence-electron chi connectivity index (χ3n) is 7.03. The molecule has 2 saturated heterocycles. The third kappa shape index (κ3) is 7.23. The molecule has 5 unspecified atom stereocenters. The van der Waals surface area contributed by atoms with Crippen molar-refractivity contribution in [1.29, 1.82) is 0 Å². The fourth-order valence-electron chi connectivity index (χ4n) is 4.85. The summed E-state index contributed by atoms with van der Waals surface area (Å²) >= 11 is 0. The van der Waals surface area contributed by atoms with E-state index in [1.807, 2.05) is 0 Å². The largest absolute Gasteiger partial charge is 0.443 e. The number of allylic oxidation sites excluding steroid dienone is 1. The minimum Gasteiger partial charge on any atom is -0.443 e. The number of epoxide rings is 2. The molecule has 3 N–H and O–H groups in total. The second-order valence-electron chi connectivity index (χ2n) is 10.0. The molecule has 0 bridgehead atoms. The second-order valence-corrected chi connectivity index (χ2v) is 10.0. The number of nitrogens with two attached hydrogens (primary N) is 1. The Morgan fingerprint density at radius 2 is 1.94 bits per heavy atom. The van der Waals surface area contributed by atoms with Crippen LogP contribution < -0.4 is 11.1 Å². The van der Waals surface area contributed by atoms with E-state index >= 15 is 0 Å². The summed E-state index contributed by atoms with van der Waals surface area (Å²) in [4.78, 5) is 39.6. The highest BCUT2D eigenvalue weighted by atomic mass is 16.6. The van der Waals surface area contributed by atoms with Gasteiger partial charge in [-0.1, -0.05) is 11.6 Å². The van der Waals surface area contributed by atoms with E-state index < -0.39 is 18.1 Å². The van der Waals surface area contributed by atoms with Crippen molar-refractivity contribution in [2.75, 3.05) is 54.0 Å². The number of hydrogen-bond acceptors (Lipinski definition) is 9. The molecule has 0 aromatic carbocycles. The zero-order chi connectivity index (χ0) is 25.8. The second kappa shape index (κ2) is 11.8. The Balaban J connectivity index is 1.49. The van der Waals surface area contributed by atoms with E-state index in [2.05, 4.69) is 25.2 Å². The summed E-state index contributed by atoms with van der Waals surface area (Å²) in [6.45, 7) is 5.58. The number of amides is 3. The van der Waals surface area contributed by atoms with Crippen molar-refractivity contribution >= 4 is 17.9 Å². The van der Waals surface area contributed by atoms with E-state index in [-0.39, 0.29) is 48.8 Å². The molecule has 6 atom stereocenters. The number of carbonyl (C=O) groups excluding carboxylic acids is 3. The summed E-state index contributed by atoms with van der Waals surface area (Å²) in [5, 5.41) is 2.29. The Bertz CT molecular complexity index is 812. The van der Waals surface area contributed by atoms with E-state index in [1.54, 1.807) is 26.1 Å². The zero-order valence-electron chi connectivity index (χ0n) is 21.5. The third-order valence-corrected chi connectivity index (χ3v) is 7.03. The number of nitrogens with one attached hydrogen (secondary N) is 1. The van der Waals surface area contributed by atoms with Gasteiger partial charge in [0.25, 0.3) is 0 Å². The summed E-state index contributed by atoms with van der Waals surface area (Å²) in [5.41, 5.74) is 6.31. The van der Waals surface area contributed by atoms with Crippen molar-refractivity contribution in [3.8, 4) is 0 Å². The van der Waals surface area contributed by atoms with Gasteiger partial charge in [-0.3, -0.25) is 19.8 Å². The summed E-state index contributed by atoms with van der Waals surface area (Å²) in [6, 6.07) is 0. The Kier molecular flexibility index (Phi) is 9.28. The molecule has 3 rings (SSSR count). The van der Waals surface area contributed by atoms with Gasteiger partial charge >= 0.3 is 6.09 Å². The SMILES string of the molecule is COC1C(OC(=O)NC(=O)CN(C)CCN(C)C(=O)CN)CCC2(CO2)C1C1O[C@@H]1CC=C(C)C. The number of nitrogens with zero attached hydrogens (tertiary/aromatic N) is 2. The maximum absolute atomic E-state index is 12.5. The lowest BCUT2D eigenvalue weighted by Crippen LogP contribution is -2.53. The van der Waals surface area contributed by atoms with Gasteiger partial charge in [-0.2, -0.15) is 0 Å². The van der Waals surface area contributed by atoms with Crippen LogP contribution in [0.2, 0.25) is 0 Å². The quantitative estimate of drug-likeness (QED) is 0.305. The number of methoxy groups -OCH3 is 1. The molecule has 2 heterocycles. The maximum Gasteiger partial charge on any atom is 0.414 e. The molecule has 3 amide bonds. The molecule has 11 nitrogen and oxygen atoms in total. The molecular weight excluding hydrogens is 456 g/mol. The highest BCUT2D eigenvalue weighted by Crippen LogP contribution is 2.54. The smallest absolute Gasteiger partial charge is 0.414 e. The van der Waals surface area contributed by atoms with Gasteiger partial charge in [-0.15, -0.1) is 0 Å². The first kappa shape index (κ1) is 27.5. The van der Waals surface area contributed by atoms with Crippen molar-refractivity contribution in [3.05, 3.63) is 11.6 Å². The van der Waals surface area contributed by atoms with Crippen LogP contribution in [0.15, 0.2) is 11.6 Å². The van der Waals surface area contributed by atoms with E-state index in [9.17, 15) is 14.4 Å². The molecule has 2 aliphatic heterocycles. The van der Waals surface area contributed by atoms with Crippen LogP contribution in [0, 0.1) is 5.92 Å². The van der Waals surface area contributed by atoms with Gasteiger partial charge in [-0.25, -0.2) is 4.79 Å². The predicted octanol–water partition coefficient (Wildman–Crippen LogP) is 0.274. The molecule has 0 radical (unpaired) electrons. The van der Waals surface area contributed by atoms with Gasteiger partial charge in [0.15, 0.2) is 0 Å². The molecule has 11 heteroatoms. The minimum absolute atomic E-state index is 0.00734. The molecule has 0 aromatic rings. The Morgan fingerprint density at radius 3 is 2.54 bits per heavy atom. The lowest BCUT2D eigenvalue weighted by atomic mass is 9.73. The van der Waals surface area contributed by atoms with Gasteiger partial charge in [0, 0.05) is 33.2 Å². The van der Waals surface area contributed by atoms with Gasteiger partial charge in [0.05, 0.1) is 37.5 Å². The zero-order valence-corrected chi connectivity index (χ0v) is 21.5. The Labute approximate surface area is 207 Å². The number of carbonyl (C=O) groups is 3. The van der Waals surface area contributed by atoms with Crippen LogP contribution in [0.5, 0.6) is 0 Å². The highest BCUT2D eigenvalue weighted by molar-refractivity contribution is 5.92. The van der Waals surface area contributed by atoms with Crippen LogP contribution in [0.25, 0.3) is 0 Å². The van der Waals surface area contributed by atoms with Gasteiger partial charge in [0.2, 0.25) is 11.8 Å². The standard InChI is InChI=1S/C24H40N4O7/c1-15(2)6-7-16-22(34-16)20-21(32-5)17(8-9-24(20)14-33-24)35-23(31)26-18(29)13-27(3)10-11-28(4)19(30)12-25/h6,16-17,20-22H,7-14,25H2,1-5H3,(H,26,29,31)/t16-,17?,20?,21?,22?,24?/m1/s1. The number of alkyl carbamates (subject to hydrolysis) is 1. The summed E-state index contributed by atoms with van der Waals surface area (Å²) in [7, 11) is 4.99. The highest BCUT2D eigenvalue weighted by Gasteiger charge is 2.66. The van der Waals surface area contributed by atoms with Crippen LogP contribution >= 0.6 is 0 Å². The summed E-state index contributed by atoms with van der Waals surface area (Å²) in [6.07, 6.45) is 2.75. The predicted molar refractivity (Wildman–Crippen MR) is 128 cm³/mol. The Hall–Kier alpha value is -2.05.